The van der Waals surface area contributed by atoms with Crippen LogP contribution in [-0.2, 0) is 17.6 Å². The molecule has 0 aliphatic heterocycles. The third-order valence-electron chi connectivity index (χ3n) is 6.48. The quantitative estimate of drug-likeness (QED) is 0.101. The lowest BCUT2D eigenvalue weighted by Crippen LogP contribution is -2.25. The number of hydrogen-bond donors (Lipinski definition) is 5. The molecule has 0 aliphatic rings. The fourth-order valence-electron chi connectivity index (χ4n) is 4.59. The lowest BCUT2D eigenvalue weighted by Gasteiger charge is -2.16. The average Bonchev–Trinajstić information content (AvgIpc) is 2.95. The third kappa shape index (κ3) is 6.51. The van der Waals surface area contributed by atoms with Gasteiger partial charge in [0.2, 0.25) is 11.9 Å². The number of hydrogen-bond acceptors (Lipinski definition) is 10. The minimum Gasteiger partial charge on any atom is -0.382 e. The lowest BCUT2D eigenvalue weighted by atomic mass is 10.0. The van der Waals surface area contributed by atoms with Crippen LogP contribution >= 0.6 is 0 Å². The molecule has 12 heteroatoms. The van der Waals surface area contributed by atoms with Crippen LogP contribution in [0.25, 0.3) is 16.6 Å². The number of nitrogens with zero attached hydrogens (tertiary/aromatic N) is 5. The summed E-state index contributed by atoms with van der Waals surface area (Å²) in [5.41, 5.74) is 15.4. The van der Waals surface area contributed by atoms with Crippen molar-refractivity contribution in [3.63, 3.8) is 0 Å². The van der Waals surface area contributed by atoms with E-state index in [0.717, 1.165) is 24.1 Å². The fourth-order valence-corrected chi connectivity index (χ4v) is 4.59. The van der Waals surface area contributed by atoms with Crippen molar-refractivity contribution in [1.29, 1.82) is 5.26 Å². The van der Waals surface area contributed by atoms with Crippen molar-refractivity contribution in [3.8, 4) is 11.8 Å². The number of fused-ring (bicyclic) bond motifs is 1. The normalized spacial score (nSPS) is 10.8. The molecule has 0 bridgehead atoms. The van der Waals surface area contributed by atoms with E-state index in [0.29, 0.717) is 49.0 Å². The van der Waals surface area contributed by atoms with Crippen molar-refractivity contribution >= 4 is 34.4 Å². The van der Waals surface area contributed by atoms with Crippen LogP contribution in [0, 0.1) is 11.3 Å². The number of anilines is 3. The number of benzene rings is 2. The molecule has 2 heterocycles. The van der Waals surface area contributed by atoms with E-state index in [2.05, 4.69) is 15.3 Å². The lowest BCUT2D eigenvalue weighted by molar-refractivity contribution is -0.129. The summed E-state index contributed by atoms with van der Waals surface area (Å²) in [6.45, 7) is 0.432. The molecule has 0 radical (unpaired) electrons. The molecule has 0 fully saturated rings. The number of carbonyl (C=O) groups is 1. The molecule has 2 aromatic heterocycles. The smallest absolute Gasteiger partial charge is 0.266 e. The Labute approximate surface area is 230 Å². The number of amides is 1. The van der Waals surface area contributed by atoms with Crippen LogP contribution in [0.2, 0.25) is 0 Å². The number of aromatic nitrogens is 4. The van der Waals surface area contributed by atoms with Crippen molar-refractivity contribution in [3.05, 3.63) is 75.8 Å². The standard InChI is InChI=1S/C28H31N9O3/c29-17-20-25(30)34-28(31)35-26(20)32-16-8-14-22-33-21-13-7-10-18(9-3-1-6-15-23(38)36-40)24(21)27(39)37(22)19-11-4-2-5-12-19/h2,4-5,7,10-13,40H,1,3,6,8-9,14-16H2,(H,36,38)(H5,30,31,32,34,35). The number of hydroxylamine groups is 1. The molecule has 1 amide bonds. The Balaban J connectivity index is 1.58. The van der Waals surface area contributed by atoms with Gasteiger partial charge in [-0.25, -0.2) is 10.5 Å². The van der Waals surface area contributed by atoms with Crippen LogP contribution in [-0.4, -0.2) is 37.2 Å². The van der Waals surface area contributed by atoms with Crippen LogP contribution < -0.4 is 27.8 Å². The molecule has 40 heavy (non-hydrogen) atoms. The molecule has 7 N–H and O–H groups in total. The third-order valence-corrected chi connectivity index (χ3v) is 6.48. The molecule has 0 spiro atoms. The molecule has 0 saturated heterocycles. The number of nitrogen functional groups attached to an aromatic ring is 2. The summed E-state index contributed by atoms with van der Waals surface area (Å²) in [5.74, 6) is 0.456. The first-order valence-corrected chi connectivity index (χ1v) is 13.0. The highest BCUT2D eigenvalue weighted by Crippen LogP contribution is 2.21. The van der Waals surface area contributed by atoms with Gasteiger partial charge in [-0.3, -0.25) is 19.4 Å². The van der Waals surface area contributed by atoms with Gasteiger partial charge in [-0.05, 0) is 49.4 Å². The summed E-state index contributed by atoms with van der Waals surface area (Å²) in [5, 5.41) is 21.7. The molecule has 2 aromatic carbocycles. The zero-order chi connectivity index (χ0) is 28.5. The summed E-state index contributed by atoms with van der Waals surface area (Å²) in [6.07, 6.45) is 4.20. The van der Waals surface area contributed by atoms with E-state index in [4.69, 9.17) is 21.7 Å². The summed E-state index contributed by atoms with van der Waals surface area (Å²) >= 11 is 0. The first kappa shape index (κ1) is 28.0. The molecular formula is C28H31N9O3. The van der Waals surface area contributed by atoms with E-state index in [9.17, 15) is 14.9 Å². The van der Waals surface area contributed by atoms with Crippen LogP contribution in [0.3, 0.4) is 0 Å². The molecule has 0 unspecified atom stereocenters. The second-order valence-electron chi connectivity index (χ2n) is 9.24. The second-order valence-corrected chi connectivity index (χ2v) is 9.24. The average molecular weight is 542 g/mol. The summed E-state index contributed by atoms with van der Waals surface area (Å²) < 4.78 is 1.65. The van der Waals surface area contributed by atoms with Crippen LogP contribution in [0.15, 0.2) is 53.3 Å². The highest BCUT2D eigenvalue weighted by Gasteiger charge is 2.16. The number of rotatable bonds is 12. The minimum absolute atomic E-state index is 0.0121. The Morgan fingerprint density at radius 3 is 2.52 bits per heavy atom. The molecule has 4 aromatic rings. The minimum atomic E-state index is -0.404. The maximum Gasteiger partial charge on any atom is 0.266 e. The Hall–Kier alpha value is -5.02. The molecule has 0 aliphatic carbocycles. The van der Waals surface area contributed by atoms with Crippen LogP contribution in [0.4, 0.5) is 17.6 Å². The number of para-hydroxylation sites is 1. The number of aryl methyl sites for hydroxylation is 2. The first-order chi connectivity index (χ1) is 19.4. The number of nitrogens with two attached hydrogens (primary N) is 2. The van der Waals surface area contributed by atoms with E-state index in [1.807, 2.05) is 54.6 Å². The van der Waals surface area contributed by atoms with Gasteiger partial charge in [0.05, 0.1) is 16.6 Å². The highest BCUT2D eigenvalue weighted by molar-refractivity contribution is 5.82. The van der Waals surface area contributed by atoms with Crippen molar-refractivity contribution in [1.82, 2.24) is 25.0 Å². The van der Waals surface area contributed by atoms with Gasteiger partial charge in [0.25, 0.3) is 5.56 Å². The monoisotopic (exact) mass is 541 g/mol. The molecule has 4 rings (SSSR count). The first-order valence-electron chi connectivity index (χ1n) is 13.0. The molecule has 0 saturated carbocycles. The Morgan fingerprint density at radius 2 is 1.77 bits per heavy atom. The Bertz CT molecular complexity index is 1600. The highest BCUT2D eigenvalue weighted by atomic mass is 16.5. The Morgan fingerprint density at radius 1 is 0.975 bits per heavy atom. The predicted molar refractivity (Wildman–Crippen MR) is 152 cm³/mol. The molecule has 206 valence electrons. The summed E-state index contributed by atoms with van der Waals surface area (Å²) in [7, 11) is 0. The van der Waals surface area contributed by atoms with E-state index in [1.165, 1.54) is 0 Å². The predicted octanol–water partition coefficient (Wildman–Crippen LogP) is 2.86. The van der Waals surface area contributed by atoms with Gasteiger partial charge < -0.3 is 16.8 Å². The van der Waals surface area contributed by atoms with E-state index in [-0.39, 0.29) is 35.1 Å². The van der Waals surface area contributed by atoms with Gasteiger partial charge in [0.15, 0.2) is 5.82 Å². The summed E-state index contributed by atoms with van der Waals surface area (Å²) in [6, 6.07) is 17.1. The van der Waals surface area contributed by atoms with Crippen molar-refractivity contribution in [2.45, 2.75) is 44.9 Å². The molecule has 12 nitrogen and oxygen atoms in total. The molecule has 0 atom stereocenters. The van der Waals surface area contributed by atoms with Gasteiger partial charge in [0, 0.05) is 19.4 Å². The topological polar surface area (TPSA) is 198 Å². The number of unbranched alkanes of at least 4 members (excludes halogenated alkanes) is 2. The largest absolute Gasteiger partial charge is 0.382 e. The maximum absolute atomic E-state index is 13.9. The van der Waals surface area contributed by atoms with E-state index >= 15 is 0 Å². The zero-order valence-corrected chi connectivity index (χ0v) is 21.9. The fraction of sp³-hybridized carbons (Fsp3) is 0.286. The number of nitriles is 1. The van der Waals surface area contributed by atoms with Gasteiger partial charge in [0.1, 0.15) is 23.3 Å². The summed E-state index contributed by atoms with van der Waals surface area (Å²) in [4.78, 5) is 38.0. The van der Waals surface area contributed by atoms with E-state index < -0.39 is 5.91 Å². The molecular weight excluding hydrogens is 510 g/mol. The maximum atomic E-state index is 13.9. The van der Waals surface area contributed by atoms with Crippen LogP contribution in [0.1, 0.15) is 49.1 Å². The van der Waals surface area contributed by atoms with Gasteiger partial charge in [-0.2, -0.15) is 15.2 Å². The Kier molecular flexibility index (Phi) is 9.22. The van der Waals surface area contributed by atoms with Crippen molar-refractivity contribution < 1.29 is 10.0 Å². The van der Waals surface area contributed by atoms with Gasteiger partial charge >= 0.3 is 0 Å². The number of carbonyl (C=O) groups excluding carboxylic acids is 1. The van der Waals surface area contributed by atoms with Gasteiger partial charge in [-0.1, -0.05) is 36.8 Å². The van der Waals surface area contributed by atoms with E-state index in [1.54, 1.807) is 10.0 Å². The number of nitrogens with one attached hydrogen (secondary N) is 2. The SMILES string of the molecule is N#Cc1c(N)nc(N)nc1NCCCc1nc2cccc(CCCCCC(=O)NO)c2c(=O)n1-c1ccccc1. The second kappa shape index (κ2) is 13.2. The van der Waals surface area contributed by atoms with Crippen LogP contribution in [0.5, 0.6) is 0 Å². The van der Waals surface area contributed by atoms with Crippen molar-refractivity contribution in [2.24, 2.45) is 0 Å². The van der Waals surface area contributed by atoms with Gasteiger partial charge in [-0.15, -0.1) is 0 Å². The zero-order valence-electron chi connectivity index (χ0n) is 21.9. The van der Waals surface area contributed by atoms with Crippen molar-refractivity contribution in [2.75, 3.05) is 23.3 Å².